The van der Waals surface area contributed by atoms with Gasteiger partial charge in [-0.25, -0.2) is 0 Å². The Morgan fingerprint density at radius 2 is 1.15 bits per heavy atom. The Bertz CT molecular complexity index is 800. The third kappa shape index (κ3) is 5.89. The SMILES string of the molecule is COc1ccc(N(C/C=C/c2ccccc2)C/C=C/c2ccccc2)cc1. The minimum absolute atomic E-state index is 0.834. The lowest BCUT2D eigenvalue weighted by atomic mass is 10.2. The quantitative estimate of drug-likeness (QED) is 0.497. The van der Waals surface area contributed by atoms with Crippen molar-refractivity contribution >= 4 is 17.8 Å². The van der Waals surface area contributed by atoms with Gasteiger partial charge in [0, 0.05) is 18.8 Å². The van der Waals surface area contributed by atoms with Crippen molar-refractivity contribution in [1.29, 1.82) is 0 Å². The largest absolute Gasteiger partial charge is 0.497 e. The van der Waals surface area contributed by atoms with Gasteiger partial charge in [-0.05, 0) is 35.4 Å². The van der Waals surface area contributed by atoms with Crippen LogP contribution >= 0.6 is 0 Å². The zero-order valence-electron chi connectivity index (χ0n) is 15.7. The molecule has 0 aliphatic carbocycles. The predicted octanol–water partition coefficient (Wildman–Crippen LogP) is 5.93. The van der Waals surface area contributed by atoms with Crippen LogP contribution < -0.4 is 9.64 Å². The van der Waals surface area contributed by atoms with E-state index in [9.17, 15) is 0 Å². The van der Waals surface area contributed by atoms with Gasteiger partial charge >= 0.3 is 0 Å². The highest BCUT2D eigenvalue weighted by atomic mass is 16.5. The molecule has 0 N–H and O–H groups in total. The first-order valence-corrected chi connectivity index (χ1v) is 9.17. The fourth-order valence-electron chi connectivity index (χ4n) is 2.84. The van der Waals surface area contributed by atoms with Crippen LogP contribution in [-0.2, 0) is 0 Å². The molecule has 3 aromatic rings. The van der Waals surface area contributed by atoms with Gasteiger partial charge in [0.25, 0.3) is 0 Å². The van der Waals surface area contributed by atoms with E-state index in [1.807, 2.05) is 24.3 Å². The molecule has 0 aliphatic rings. The summed E-state index contributed by atoms with van der Waals surface area (Å²) in [5.41, 5.74) is 3.60. The molecule has 2 nitrogen and oxygen atoms in total. The van der Waals surface area contributed by atoms with Gasteiger partial charge in [-0.15, -0.1) is 0 Å². The summed E-state index contributed by atoms with van der Waals surface area (Å²) in [6.07, 6.45) is 8.74. The predicted molar refractivity (Wildman–Crippen MR) is 116 cm³/mol. The van der Waals surface area contributed by atoms with Crippen molar-refractivity contribution in [2.24, 2.45) is 0 Å². The fourth-order valence-corrected chi connectivity index (χ4v) is 2.84. The molecule has 136 valence electrons. The molecule has 0 saturated heterocycles. The molecular weight excluding hydrogens is 330 g/mol. The van der Waals surface area contributed by atoms with E-state index in [0.29, 0.717) is 0 Å². The van der Waals surface area contributed by atoms with E-state index in [2.05, 4.69) is 89.9 Å². The molecule has 0 atom stereocenters. The van der Waals surface area contributed by atoms with Crippen LogP contribution in [0.25, 0.3) is 12.2 Å². The Balaban J connectivity index is 1.71. The van der Waals surface area contributed by atoms with Crippen molar-refractivity contribution in [1.82, 2.24) is 0 Å². The maximum Gasteiger partial charge on any atom is 0.119 e. The van der Waals surface area contributed by atoms with Gasteiger partial charge < -0.3 is 9.64 Å². The van der Waals surface area contributed by atoms with Gasteiger partial charge in [0.15, 0.2) is 0 Å². The average molecular weight is 355 g/mol. The average Bonchev–Trinajstić information content (AvgIpc) is 2.74. The van der Waals surface area contributed by atoms with E-state index in [4.69, 9.17) is 4.74 Å². The molecule has 0 amide bonds. The van der Waals surface area contributed by atoms with Gasteiger partial charge in [0.1, 0.15) is 5.75 Å². The molecular formula is C25H25NO. The maximum atomic E-state index is 5.28. The fraction of sp³-hybridized carbons (Fsp3) is 0.120. The Kier molecular flexibility index (Phi) is 6.88. The lowest BCUT2D eigenvalue weighted by Crippen LogP contribution is -2.23. The van der Waals surface area contributed by atoms with Gasteiger partial charge in [-0.1, -0.05) is 85.0 Å². The van der Waals surface area contributed by atoms with E-state index >= 15 is 0 Å². The van der Waals surface area contributed by atoms with Crippen LogP contribution in [0.3, 0.4) is 0 Å². The summed E-state index contributed by atoms with van der Waals surface area (Å²) in [5, 5.41) is 0. The van der Waals surface area contributed by atoms with Gasteiger partial charge in [-0.2, -0.15) is 0 Å². The topological polar surface area (TPSA) is 12.5 Å². The number of methoxy groups -OCH3 is 1. The monoisotopic (exact) mass is 355 g/mol. The van der Waals surface area contributed by atoms with Gasteiger partial charge in [-0.3, -0.25) is 0 Å². The molecule has 2 heteroatoms. The van der Waals surface area contributed by atoms with Crippen molar-refractivity contribution in [3.05, 3.63) is 108 Å². The molecule has 3 rings (SSSR count). The molecule has 0 saturated carbocycles. The second-order valence-electron chi connectivity index (χ2n) is 6.23. The molecule has 27 heavy (non-hydrogen) atoms. The van der Waals surface area contributed by atoms with Crippen LogP contribution in [0.4, 0.5) is 5.69 Å². The van der Waals surface area contributed by atoms with Crippen LogP contribution in [0.5, 0.6) is 5.75 Å². The second-order valence-corrected chi connectivity index (χ2v) is 6.23. The van der Waals surface area contributed by atoms with E-state index in [1.165, 1.54) is 16.8 Å². The second kappa shape index (κ2) is 10.0. The molecule has 0 radical (unpaired) electrons. The normalized spacial score (nSPS) is 11.1. The van der Waals surface area contributed by atoms with Crippen LogP contribution in [-0.4, -0.2) is 20.2 Å². The summed E-state index contributed by atoms with van der Waals surface area (Å²) < 4.78 is 5.28. The zero-order valence-corrected chi connectivity index (χ0v) is 15.7. The number of hydrogen-bond donors (Lipinski definition) is 0. The molecule has 0 heterocycles. The third-order valence-electron chi connectivity index (χ3n) is 4.31. The van der Waals surface area contributed by atoms with Crippen molar-refractivity contribution in [3.8, 4) is 5.75 Å². The third-order valence-corrected chi connectivity index (χ3v) is 4.31. The number of benzene rings is 3. The summed E-state index contributed by atoms with van der Waals surface area (Å²) >= 11 is 0. The van der Waals surface area contributed by atoms with Crippen LogP contribution in [0, 0.1) is 0 Å². The highest BCUT2D eigenvalue weighted by molar-refractivity contribution is 5.55. The molecule has 0 unspecified atom stereocenters. The lowest BCUT2D eigenvalue weighted by Gasteiger charge is -2.22. The van der Waals surface area contributed by atoms with Crippen molar-refractivity contribution < 1.29 is 4.74 Å². The number of nitrogens with zero attached hydrogens (tertiary/aromatic N) is 1. The summed E-state index contributed by atoms with van der Waals surface area (Å²) in [4.78, 5) is 2.33. The smallest absolute Gasteiger partial charge is 0.119 e. The summed E-state index contributed by atoms with van der Waals surface area (Å²) in [7, 11) is 1.69. The molecule has 0 fully saturated rings. The minimum Gasteiger partial charge on any atom is -0.497 e. The highest BCUT2D eigenvalue weighted by Crippen LogP contribution is 2.19. The van der Waals surface area contributed by atoms with Crippen molar-refractivity contribution in [2.75, 3.05) is 25.1 Å². The Hall–Kier alpha value is -3.26. The number of hydrogen-bond acceptors (Lipinski definition) is 2. The lowest BCUT2D eigenvalue weighted by molar-refractivity contribution is 0.415. The molecule has 0 aromatic heterocycles. The van der Waals surface area contributed by atoms with Crippen LogP contribution in [0.15, 0.2) is 97.1 Å². The molecule has 0 bridgehead atoms. The van der Waals surface area contributed by atoms with E-state index in [-0.39, 0.29) is 0 Å². The van der Waals surface area contributed by atoms with Crippen molar-refractivity contribution in [2.45, 2.75) is 0 Å². The highest BCUT2D eigenvalue weighted by Gasteiger charge is 2.03. The molecule has 0 spiro atoms. The van der Waals surface area contributed by atoms with E-state index < -0.39 is 0 Å². The van der Waals surface area contributed by atoms with Gasteiger partial charge in [0.05, 0.1) is 7.11 Å². The minimum atomic E-state index is 0.834. The Morgan fingerprint density at radius 3 is 1.59 bits per heavy atom. The number of ether oxygens (including phenoxy) is 1. The Morgan fingerprint density at radius 1 is 0.667 bits per heavy atom. The zero-order chi connectivity index (χ0) is 18.7. The van der Waals surface area contributed by atoms with Crippen LogP contribution in [0.1, 0.15) is 11.1 Å². The Labute approximate surface area is 162 Å². The summed E-state index contributed by atoms with van der Waals surface area (Å²) in [6.45, 7) is 1.67. The standard InChI is InChI=1S/C25H25NO/c1-27-25-18-16-24(17-19-25)26(20-8-14-22-10-4-2-5-11-22)21-9-15-23-12-6-3-7-13-23/h2-19H,20-21H2,1H3/b14-8+,15-9+. The summed E-state index contributed by atoms with van der Waals surface area (Å²) in [6, 6.07) is 29.0. The first kappa shape index (κ1) is 18.5. The summed E-state index contributed by atoms with van der Waals surface area (Å²) in [5.74, 6) is 0.873. The molecule has 3 aromatic carbocycles. The van der Waals surface area contributed by atoms with Crippen molar-refractivity contribution in [3.63, 3.8) is 0 Å². The maximum absolute atomic E-state index is 5.28. The first-order chi connectivity index (χ1) is 13.3. The molecule has 0 aliphatic heterocycles. The van der Waals surface area contributed by atoms with Gasteiger partial charge in [0.2, 0.25) is 0 Å². The van der Waals surface area contributed by atoms with E-state index in [1.54, 1.807) is 7.11 Å². The first-order valence-electron chi connectivity index (χ1n) is 9.17. The number of anilines is 1. The van der Waals surface area contributed by atoms with E-state index in [0.717, 1.165) is 18.8 Å². The van der Waals surface area contributed by atoms with Crippen LogP contribution in [0.2, 0.25) is 0 Å². The number of rotatable bonds is 8.